The maximum absolute atomic E-state index is 5.96. The Hall–Kier alpha value is -1.80. The van der Waals surface area contributed by atoms with Crippen molar-refractivity contribution in [3.8, 4) is 16.9 Å². The fraction of sp³-hybridized carbons (Fsp3) is 0.294. The van der Waals surface area contributed by atoms with Crippen LogP contribution in [-0.4, -0.2) is 20.2 Å². The van der Waals surface area contributed by atoms with Crippen molar-refractivity contribution in [2.24, 2.45) is 0 Å². The monoisotopic (exact) mass is 253 g/mol. The first kappa shape index (κ1) is 12.2. The highest BCUT2D eigenvalue weighted by Gasteiger charge is 2.23. The lowest BCUT2D eigenvalue weighted by molar-refractivity contribution is 0.267. The number of likely N-dealkylation sites (N-methyl/N-ethyl adjacent to an activating group) is 1. The molecule has 1 atom stereocenters. The molecule has 2 nitrogen and oxygen atoms in total. The highest BCUT2D eigenvalue weighted by molar-refractivity contribution is 5.72. The van der Waals surface area contributed by atoms with Gasteiger partial charge in [0.05, 0.1) is 6.61 Å². The molecule has 98 valence electrons. The molecule has 19 heavy (non-hydrogen) atoms. The maximum Gasteiger partial charge on any atom is 0.130 e. The molecule has 0 bridgehead atoms. The molecule has 0 radical (unpaired) electrons. The van der Waals surface area contributed by atoms with Gasteiger partial charge in [0.25, 0.3) is 0 Å². The minimum absolute atomic E-state index is 0.553. The molecule has 1 N–H and O–H groups in total. The van der Waals surface area contributed by atoms with E-state index in [1.54, 1.807) is 0 Å². The minimum Gasteiger partial charge on any atom is -0.493 e. The van der Waals surface area contributed by atoms with E-state index in [9.17, 15) is 0 Å². The first-order chi connectivity index (χ1) is 9.40. The number of para-hydroxylation sites is 1. The highest BCUT2D eigenvalue weighted by atomic mass is 16.5. The van der Waals surface area contributed by atoms with Crippen LogP contribution in [0.2, 0.25) is 0 Å². The molecule has 0 saturated heterocycles. The van der Waals surface area contributed by atoms with Crippen molar-refractivity contribution in [2.45, 2.75) is 12.3 Å². The summed E-state index contributed by atoms with van der Waals surface area (Å²) in [4.78, 5) is 0. The maximum atomic E-state index is 5.96. The summed E-state index contributed by atoms with van der Waals surface area (Å²) in [7, 11) is 2.01. The van der Waals surface area contributed by atoms with Crippen LogP contribution < -0.4 is 10.1 Å². The van der Waals surface area contributed by atoms with Gasteiger partial charge in [-0.05, 0) is 24.6 Å². The van der Waals surface area contributed by atoms with Crippen molar-refractivity contribution in [1.82, 2.24) is 5.32 Å². The van der Waals surface area contributed by atoms with Crippen LogP contribution in [0.4, 0.5) is 0 Å². The molecule has 0 spiro atoms. The van der Waals surface area contributed by atoms with Gasteiger partial charge in [-0.1, -0.05) is 48.5 Å². The molecule has 0 saturated carbocycles. The normalized spacial score (nSPS) is 17.6. The summed E-state index contributed by atoms with van der Waals surface area (Å²) in [6.07, 6.45) is 1.09. The lowest BCUT2D eigenvalue weighted by atomic mass is 9.89. The quantitative estimate of drug-likeness (QED) is 0.904. The third kappa shape index (κ3) is 2.36. The van der Waals surface area contributed by atoms with Gasteiger partial charge < -0.3 is 10.1 Å². The largest absolute Gasteiger partial charge is 0.493 e. The molecular weight excluding hydrogens is 234 g/mol. The fourth-order valence-corrected chi connectivity index (χ4v) is 2.80. The second-order valence-electron chi connectivity index (χ2n) is 4.98. The molecule has 0 fully saturated rings. The van der Waals surface area contributed by atoms with Gasteiger partial charge in [0.2, 0.25) is 0 Å². The van der Waals surface area contributed by atoms with Gasteiger partial charge in [-0.25, -0.2) is 0 Å². The molecular formula is C17H19NO. The predicted molar refractivity (Wildman–Crippen MR) is 78.7 cm³/mol. The smallest absolute Gasteiger partial charge is 0.130 e. The van der Waals surface area contributed by atoms with E-state index in [0.717, 1.165) is 25.3 Å². The zero-order chi connectivity index (χ0) is 13.1. The van der Waals surface area contributed by atoms with Crippen molar-refractivity contribution in [3.63, 3.8) is 0 Å². The molecule has 0 amide bonds. The van der Waals surface area contributed by atoms with E-state index in [2.05, 4.69) is 47.8 Å². The average Bonchev–Trinajstić information content (AvgIpc) is 2.48. The highest BCUT2D eigenvalue weighted by Crippen LogP contribution is 2.40. The van der Waals surface area contributed by atoms with Crippen molar-refractivity contribution >= 4 is 0 Å². The van der Waals surface area contributed by atoms with E-state index >= 15 is 0 Å². The summed E-state index contributed by atoms with van der Waals surface area (Å²) in [6.45, 7) is 1.82. The van der Waals surface area contributed by atoms with E-state index in [0.29, 0.717) is 5.92 Å². The van der Waals surface area contributed by atoms with Gasteiger partial charge in [0.15, 0.2) is 0 Å². The van der Waals surface area contributed by atoms with Crippen molar-refractivity contribution in [1.29, 1.82) is 0 Å². The number of rotatable bonds is 3. The lowest BCUT2D eigenvalue weighted by Gasteiger charge is -2.27. The fourth-order valence-electron chi connectivity index (χ4n) is 2.80. The number of hydrogen-bond acceptors (Lipinski definition) is 2. The Morgan fingerprint density at radius 1 is 1.11 bits per heavy atom. The number of fused-ring (bicyclic) bond motifs is 1. The van der Waals surface area contributed by atoms with Crippen molar-refractivity contribution in [2.75, 3.05) is 20.2 Å². The van der Waals surface area contributed by atoms with Gasteiger partial charge in [0.1, 0.15) is 5.75 Å². The molecule has 1 heterocycles. The molecule has 0 unspecified atom stereocenters. The van der Waals surface area contributed by atoms with E-state index in [1.807, 2.05) is 13.1 Å². The topological polar surface area (TPSA) is 21.3 Å². The number of ether oxygens (including phenoxy) is 1. The molecule has 2 heteroatoms. The third-order valence-corrected chi connectivity index (χ3v) is 3.73. The van der Waals surface area contributed by atoms with Crippen LogP contribution in [0.3, 0.4) is 0 Å². The number of hydrogen-bond donors (Lipinski definition) is 1. The Bertz CT molecular complexity index is 550. The van der Waals surface area contributed by atoms with E-state index < -0.39 is 0 Å². The van der Waals surface area contributed by atoms with Crippen molar-refractivity contribution < 1.29 is 4.74 Å². The van der Waals surface area contributed by atoms with Gasteiger partial charge >= 0.3 is 0 Å². The average molecular weight is 253 g/mol. The Morgan fingerprint density at radius 3 is 2.74 bits per heavy atom. The van der Waals surface area contributed by atoms with Gasteiger partial charge in [0, 0.05) is 18.0 Å². The Labute approximate surface area is 114 Å². The Morgan fingerprint density at radius 2 is 1.95 bits per heavy atom. The second-order valence-corrected chi connectivity index (χ2v) is 4.98. The summed E-state index contributed by atoms with van der Waals surface area (Å²) in [5.74, 6) is 1.62. The van der Waals surface area contributed by atoms with Crippen LogP contribution in [0.5, 0.6) is 5.75 Å². The summed E-state index contributed by atoms with van der Waals surface area (Å²) in [5, 5.41) is 3.28. The van der Waals surface area contributed by atoms with Crippen LogP contribution >= 0.6 is 0 Å². The second kappa shape index (κ2) is 5.45. The molecule has 0 aromatic heterocycles. The van der Waals surface area contributed by atoms with Crippen LogP contribution in [0, 0.1) is 0 Å². The molecule has 0 aliphatic carbocycles. The Kier molecular flexibility index (Phi) is 3.51. The molecule has 1 aliphatic heterocycles. The number of nitrogens with one attached hydrogen (secondary N) is 1. The standard InChI is InChI=1S/C17H19NO/c1-18-12-14-10-11-19-17-15(8-5-9-16(14)17)13-6-3-2-4-7-13/h2-9,14,18H,10-12H2,1H3/t14-/m0/s1. The predicted octanol–water partition coefficient (Wildman–Crippen LogP) is 3.44. The van der Waals surface area contributed by atoms with E-state index in [-0.39, 0.29) is 0 Å². The Balaban J connectivity index is 2.06. The first-order valence-electron chi connectivity index (χ1n) is 6.86. The van der Waals surface area contributed by atoms with Gasteiger partial charge in [-0.3, -0.25) is 0 Å². The van der Waals surface area contributed by atoms with Gasteiger partial charge in [-0.2, -0.15) is 0 Å². The van der Waals surface area contributed by atoms with E-state index in [1.165, 1.54) is 16.7 Å². The lowest BCUT2D eigenvalue weighted by Crippen LogP contribution is -2.23. The number of benzene rings is 2. The van der Waals surface area contributed by atoms with Crippen LogP contribution in [0.25, 0.3) is 11.1 Å². The summed E-state index contributed by atoms with van der Waals surface area (Å²) < 4.78 is 5.96. The molecule has 2 aromatic carbocycles. The third-order valence-electron chi connectivity index (χ3n) is 3.73. The SMILES string of the molecule is CNC[C@@H]1CCOc2c(-c3ccccc3)cccc21. The zero-order valence-corrected chi connectivity index (χ0v) is 11.2. The minimum atomic E-state index is 0.553. The zero-order valence-electron chi connectivity index (χ0n) is 11.2. The summed E-state index contributed by atoms with van der Waals surface area (Å²) in [5.41, 5.74) is 3.77. The molecule has 2 aromatic rings. The summed E-state index contributed by atoms with van der Waals surface area (Å²) in [6, 6.07) is 17.0. The van der Waals surface area contributed by atoms with Crippen LogP contribution in [0.1, 0.15) is 17.9 Å². The molecule has 1 aliphatic rings. The first-order valence-corrected chi connectivity index (χ1v) is 6.86. The van der Waals surface area contributed by atoms with Gasteiger partial charge in [-0.15, -0.1) is 0 Å². The van der Waals surface area contributed by atoms with Crippen molar-refractivity contribution in [3.05, 3.63) is 54.1 Å². The van der Waals surface area contributed by atoms with Crippen LogP contribution in [-0.2, 0) is 0 Å². The van der Waals surface area contributed by atoms with Crippen LogP contribution in [0.15, 0.2) is 48.5 Å². The molecule has 3 rings (SSSR count). The van der Waals surface area contributed by atoms with E-state index in [4.69, 9.17) is 4.74 Å². The summed E-state index contributed by atoms with van der Waals surface area (Å²) >= 11 is 0.